The van der Waals surface area contributed by atoms with Crippen LogP contribution in [0, 0.1) is 0 Å². The van der Waals surface area contributed by atoms with E-state index in [1.807, 2.05) is 18.2 Å². The molecule has 0 bridgehead atoms. The lowest BCUT2D eigenvalue weighted by atomic mass is 10.1. The smallest absolute Gasteiger partial charge is 0.107 e. The molecule has 2 N–H and O–H groups in total. The Labute approximate surface area is 118 Å². The predicted molar refractivity (Wildman–Crippen MR) is 79.6 cm³/mol. The van der Waals surface area contributed by atoms with Gasteiger partial charge in [0, 0.05) is 25.4 Å². The van der Waals surface area contributed by atoms with Crippen LogP contribution in [0.25, 0.3) is 0 Å². The first-order valence-corrected chi connectivity index (χ1v) is 6.77. The summed E-state index contributed by atoms with van der Waals surface area (Å²) >= 11 is 11.3. The molecule has 0 radical (unpaired) electrons. The molecule has 1 aliphatic carbocycles. The highest BCUT2D eigenvalue weighted by molar-refractivity contribution is 7.80. The molecule has 0 aliphatic heterocycles. The van der Waals surface area contributed by atoms with Crippen molar-refractivity contribution in [1.82, 2.24) is 0 Å². The van der Waals surface area contributed by atoms with Crippen molar-refractivity contribution in [3.63, 3.8) is 0 Å². The minimum absolute atomic E-state index is 0.346. The predicted octanol–water partition coefficient (Wildman–Crippen LogP) is 2.59. The molecule has 1 aromatic rings. The summed E-state index contributed by atoms with van der Waals surface area (Å²) in [6.07, 6.45) is 2.40. The molecule has 1 aliphatic rings. The Morgan fingerprint density at radius 2 is 2.28 bits per heavy atom. The van der Waals surface area contributed by atoms with Gasteiger partial charge >= 0.3 is 0 Å². The van der Waals surface area contributed by atoms with Crippen LogP contribution < -0.4 is 10.6 Å². The van der Waals surface area contributed by atoms with Crippen LogP contribution >= 0.6 is 23.8 Å². The number of nitrogens with zero attached hydrogens (tertiary/aromatic N) is 1. The average Bonchev–Trinajstić information content (AvgIpc) is 3.13. The van der Waals surface area contributed by atoms with E-state index >= 15 is 0 Å². The lowest BCUT2D eigenvalue weighted by molar-refractivity contribution is 0.205. The number of nitrogens with two attached hydrogens (primary N) is 1. The van der Waals surface area contributed by atoms with Gasteiger partial charge in [-0.15, -0.1) is 0 Å². The van der Waals surface area contributed by atoms with Crippen LogP contribution in [0.4, 0.5) is 5.69 Å². The molecule has 18 heavy (non-hydrogen) atoms. The molecule has 2 rings (SSSR count). The zero-order valence-electron chi connectivity index (χ0n) is 10.4. The number of hydrogen-bond acceptors (Lipinski definition) is 3. The highest BCUT2D eigenvalue weighted by atomic mass is 35.5. The Morgan fingerprint density at radius 3 is 2.83 bits per heavy atom. The molecule has 5 heteroatoms. The number of hydrogen-bond donors (Lipinski definition) is 1. The van der Waals surface area contributed by atoms with Gasteiger partial charge in [-0.2, -0.15) is 0 Å². The van der Waals surface area contributed by atoms with E-state index in [1.165, 1.54) is 12.8 Å². The van der Waals surface area contributed by atoms with Crippen molar-refractivity contribution >= 4 is 34.5 Å². The van der Waals surface area contributed by atoms with Gasteiger partial charge in [0.2, 0.25) is 0 Å². The van der Waals surface area contributed by atoms with Crippen LogP contribution in [0.2, 0.25) is 5.02 Å². The lowest BCUT2D eigenvalue weighted by Crippen LogP contribution is -2.31. The summed E-state index contributed by atoms with van der Waals surface area (Å²) in [5, 5.41) is 0.614. The Hall–Kier alpha value is -0.840. The lowest BCUT2D eigenvalue weighted by Gasteiger charge is -2.27. The fourth-order valence-corrected chi connectivity index (χ4v) is 2.61. The SMILES string of the molecule is COCCN(c1cccc(Cl)c1C(N)=S)C1CC1. The summed E-state index contributed by atoms with van der Waals surface area (Å²) in [6, 6.07) is 6.34. The Bertz CT molecular complexity index is 449. The monoisotopic (exact) mass is 284 g/mol. The molecule has 1 aromatic carbocycles. The van der Waals surface area contributed by atoms with Gasteiger partial charge < -0.3 is 15.4 Å². The molecular weight excluding hydrogens is 268 g/mol. The Balaban J connectivity index is 2.34. The minimum atomic E-state index is 0.346. The third-order valence-electron chi connectivity index (χ3n) is 3.07. The van der Waals surface area contributed by atoms with Gasteiger partial charge in [-0.25, -0.2) is 0 Å². The maximum absolute atomic E-state index is 6.20. The van der Waals surface area contributed by atoms with Crippen molar-refractivity contribution in [2.45, 2.75) is 18.9 Å². The minimum Gasteiger partial charge on any atom is -0.389 e. The average molecular weight is 285 g/mol. The van der Waals surface area contributed by atoms with E-state index in [1.54, 1.807) is 7.11 Å². The molecule has 0 atom stereocenters. The largest absolute Gasteiger partial charge is 0.389 e. The number of benzene rings is 1. The maximum Gasteiger partial charge on any atom is 0.107 e. The summed E-state index contributed by atoms with van der Waals surface area (Å²) in [7, 11) is 1.71. The highest BCUT2D eigenvalue weighted by Gasteiger charge is 2.30. The van der Waals surface area contributed by atoms with Gasteiger partial charge in [0.15, 0.2) is 0 Å². The molecular formula is C13H17ClN2OS. The second-order valence-electron chi connectivity index (χ2n) is 4.42. The first-order chi connectivity index (χ1) is 8.65. The number of halogens is 1. The van der Waals surface area contributed by atoms with Crippen LogP contribution in [-0.4, -0.2) is 31.3 Å². The van der Waals surface area contributed by atoms with E-state index < -0.39 is 0 Å². The van der Waals surface area contributed by atoms with Crippen LogP contribution in [0.5, 0.6) is 0 Å². The summed E-state index contributed by atoms with van der Waals surface area (Å²) < 4.78 is 5.16. The van der Waals surface area contributed by atoms with Gasteiger partial charge in [-0.05, 0) is 25.0 Å². The quantitative estimate of drug-likeness (QED) is 0.815. The fraction of sp³-hybridized carbons (Fsp3) is 0.462. The topological polar surface area (TPSA) is 38.5 Å². The molecule has 1 saturated carbocycles. The number of thiocarbonyl (C=S) groups is 1. The van der Waals surface area contributed by atoms with Crippen molar-refractivity contribution in [3.8, 4) is 0 Å². The zero-order valence-corrected chi connectivity index (χ0v) is 11.9. The molecule has 0 unspecified atom stereocenters. The molecule has 0 aromatic heterocycles. The van der Waals surface area contributed by atoms with Crippen molar-refractivity contribution in [2.24, 2.45) is 5.73 Å². The molecule has 0 heterocycles. The van der Waals surface area contributed by atoms with E-state index in [0.29, 0.717) is 22.7 Å². The number of ether oxygens (including phenoxy) is 1. The van der Waals surface area contributed by atoms with E-state index in [0.717, 1.165) is 17.8 Å². The van der Waals surface area contributed by atoms with Crippen molar-refractivity contribution in [2.75, 3.05) is 25.2 Å². The van der Waals surface area contributed by atoms with Gasteiger partial charge in [-0.1, -0.05) is 29.9 Å². The van der Waals surface area contributed by atoms with Crippen molar-refractivity contribution < 1.29 is 4.74 Å². The van der Waals surface area contributed by atoms with Crippen LogP contribution in [0.15, 0.2) is 18.2 Å². The Kier molecular flexibility index (Phi) is 4.43. The van der Waals surface area contributed by atoms with Gasteiger partial charge in [-0.3, -0.25) is 0 Å². The molecule has 98 valence electrons. The van der Waals surface area contributed by atoms with Gasteiger partial charge in [0.05, 0.1) is 17.2 Å². The Morgan fingerprint density at radius 1 is 1.56 bits per heavy atom. The second kappa shape index (κ2) is 5.87. The number of anilines is 1. The van der Waals surface area contributed by atoms with Crippen LogP contribution in [0.1, 0.15) is 18.4 Å². The molecule has 1 fully saturated rings. The van der Waals surface area contributed by atoms with Crippen LogP contribution in [0.3, 0.4) is 0 Å². The van der Waals surface area contributed by atoms with E-state index in [2.05, 4.69) is 4.90 Å². The first kappa shape index (κ1) is 13.6. The summed E-state index contributed by atoms with van der Waals surface area (Å²) in [5.41, 5.74) is 7.59. The molecule has 0 saturated heterocycles. The zero-order chi connectivity index (χ0) is 13.1. The van der Waals surface area contributed by atoms with Crippen molar-refractivity contribution in [1.29, 1.82) is 0 Å². The van der Waals surface area contributed by atoms with Gasteiger partial charge in [0.1, 0.15) is 4.99 Å². The third-order valence-corrected chi connectivity index (χ3v) is 3.59. The summed E-state index contributed by atoms with van der Waals surface area (Å²) in [4.78, 5) is 2.64. The second-order valence-corrected chi connectivity index (χ2v) is 5.26. The number of methoxy groups -OCH3 is 1. The van der Waals surface area contributed by atoms with Crippen molar-refractivity contribution in [3.05, 3.63) is 28.8 Å². The molecule has 3 nitrogen and oxygen atoms in total. The van der Waals surface area contributed by atoms with E-state index in [4.69, 9.17) is 34.3 Å². The van der Waals surface area contributed by atoms with E-state index in [9.17, 15) is 0 Å². The normalized spacial score (nSPS) is 14.6. The maximum atomic E-state index is 6.20. The number of rotatable bonds is 6. The molecule has 0 spiro atoms. The summed E-state index contributed by atoms with van der Waals surface area (Å²) in [5.74, 6) is 0. The van der Waals surface area contributed by atoms with E-state index in [-0.39, 0.29) is 0 Å². The first-order valence-electron chi connectivity index (χ1n) is 5.99. The van der Waals surface area contributed by atoms with Gasteiger partial charge in [0.25, 0.3) is 0 Å². The molecule has 0 amide bonds. The third kappa shape index (κ3) is 2.94. The standard InChI is InChI=1S/C13H17ClN2OS/c1-17-8-7-16(9-5-6-9)11-4-2-3-10(14)12(11)13(15)18/h2-4,9H,5-8H2,1H3,(H2,15,18). The highest BCUT2D eigenvalue weighted by Crippen LogP contribution is 2.35. The fourth-order valence-electron chi connectivity index (χ4n) is 2.07. The van der Waals surface area contributed by atoms with Crippen LogP contribution in [-0.2, 0) is 4.74 Å². The summed E-state index contributed by atoms with van der Waals surface area (Å²) in [6.45, 7) is 1.51.